The average Bonchev–Trinajstić information content (AvgIpc) is 2.64. The molecule has 3 aromatic rings. The van der Waals surface area contributed by atoms with E-state index in [9.17, 15) is 4.79 Å². The van der Waals surface area contributed by atoms with Gasteiger partial charge in [0.15, 0.2) is 0 Å². The van der Waals surface area contributed by atoms with E-state index in [1.54, 1.807) is 30.2 Å². The molecule has 2 amide bonds. The maximum atomic E-state index is 12.9. The quantitative estimate of drug-likeness (QED) is 0.683. The Bertz CT molecular complexity index is 848. The zero-order chi connectivity index (χ0) is 17.6. The zero-order valence-electron chi connectivity index (χ0n) is 13.8. The van der Waals surface area contributed by atoms with Gasteiger partial charge in [-0.1, -0.05) is 24.3 Å². The van der Waals surface area contributed by atoms with E-state index in [-0.39, 0.29) is 6.03 Å². The Morgan fingerprint density at radius 2 is 1.60 bits per heavy atom. The predicted octanol–water partition coefficient (Wildman–Crippen LogP) is 4.65. The molecule has 0 atom stereocenters. The molecule has 25 heavy (non-hydrogen) atoms. The van der Waals surface area contributed by atoms with Crippen molar-refractivity contribution >= 4 is 28.8 Å². The maximum absolute atomic E-state index is 12.9. The van der Waals surface area contributed by atoms with E-state index in [0.717, 1.165) is 11.4 Å². The molecule has 0 saturated heterocycles. The molecule has 3 aromatic carbocycles. The molecule has 0 heterocycles. The fourth-order valence-corrected chi connectivity index (χ4v) is 2.46. The van der Waals surface area contributed by atoms with Crippen LogP contribution >= 0.6 is 0 Å². The fourth-order valence-electron chi connectivity index (χ4n) is 2.46. The first-order valence-corrected chi connectivity index (χ1v) is 7.83. The van der Waals surface area contributed by atoms with Crippen LogP contribution in [0.3, 0.4) is 0 Å². The summed E-state index contributed by atoms with van der Waals surface area (Å²) in [6, 6.07) is 23.6. The Balaban J connectivity index is 1.93. The van der Waals surface area contributed by atoms with Gasteiger partial charge in [-0.3, -0.25) is 4.90 Å². The van der Waals surface area contributed by atoms with Gasteiger partial charge in [-0.25, -0.2) is 4.79 Å². The third kappa shape index (κ3) is 3.90. The van der Waals surface area contributed by atoms with Crippen LogP contribution in [0.5, 0.6) is 5.75 Å². The number of methoxy groups -OCH3 is 1. The lowest BCUT2D eigenvalue weighted by molar-refractivity contribution is 0.259. The number of anilines is 4. The summed E-state index contributed by atoms with van der Waals surface area (Å²) in [6.07, 6.45) is 0. The van der Waals surface area contributed by atoms with Gasteiger partial charge in [-0.15, -0.1) is 0 Å². The highest BCUT2D eigenvalue weighted by Crippen LogP contribution is 2.27. The first-order chi connectivity index (χ1) is 12.2. The number of nitrogens with two attached hydrogens (primary N) is 1. The molecule has 3 rings (SSSR count). The standard InChI is InChI=1S/C20H19N3O2/c1-25-19-9-5-6-16(14-19)22-20(24)23(17-7-3-2-4-8-17)18-12-10-15(21)11-13-18/h2-14H,21H2,1H3,(H,22,24). The van der Waals surface area contributed by atoms with Crippen LogP contribution in [0.2, 0.25) is 0 Å². The van der Waals surface area contributed by atoms with Crippen LogP contribution in [-0.2, 0) is 0 Å². The van der Waals surface area contributed by atoms with Crippen LogP contribution < -0.4 is 20.7 Å². The summed E-state index contributed by atoms with van der Waals surface area (Å²) < 4.78 is 5.20. The molecule has 0 saturated carbocycles. The molecule has 0 fully saturated rings. The first-order valence-electron chi connectivity index (χ1n) is 7.83. The summed E-state index contributed by atoms with van der Waals surface area (Å²) in [5.74, 6) is 0.677. The van der Waals surface area contributed by atoms with E-state index in [1.165, 1.54) is 0 Å². The van der Waals surface area contributed by atoms with Crippen LogP contribution in [0, 0.1) is 0 Å². The van der Waals surface area contributed by atoms with Crippen molar-refractivity contribution in [1.29, 1.82) is 0 Å². The lowest BCUT2D eigenvalue weighted by atomic mass is 10.2. The van der Waals surface area contributed by atoms with E-state index in [1.807, 2.05) is 60.7 Å². The second-order valence-electron chi connectivity index (χ2n) is 5.42. The highest BCUT2D eigenvalue weighted by molar-refractivity contribution is 6.07. The van der Waals surface area contributed by atoms with E-state index < -0.39 is 0 Å². The van der Waals surface area contributed by atoms with Gasteiger partial charge in [-0.2, -0.15) is 0 Å². The van der Waals surface area contributed by atoms with Gasteiger partial charge in [0.05, 0.1) is 18.5 Å². The monoisotopic (exact) mass is 333 g/mol. The van der Waals surface area contributed by atoms with Gasteiger partial charge >= 0.3 is 6.03 Å². The summed E-state index contributed by atoms with van der Waals surface area (Å²) in [6.45, 7) is 0. The number of hydrogen-bond acceptors (Lipinski definition) is 3. The molecule has 0 bridgehead atoms. The number of urea groups is 1. The summed E-state index contributed by atoms with van der Waals surface area (Å²) in [5, 5.41) is 2.90. The van der Waals surface area contributed by atoms with Crippen LogP contribution in [0.1, 0.15) is 0 Å². The summed E-state index contributed by atoms with van der Waals surface area (Å²) >= 11 is 0. The van der Waals surface area contributed by atoms with Crippen LogP contribution in [0.15, 0.2) is 78.9 Å². The molecule has 0 aromatic heterocycles. The number of ether oxygens (including phenoxy) is 1. The lowest BCUT2D eigenvalue weighted by Crippen LogP contribution is -2.30. The van der Waals surface area contributed by atoms with Gasteiger partial charge in [0, 0.05) is 17.4 Å². The van der Waals surface area contributed by atoms with Crippen molar-refractivity contribution in [3.8, 4) is 5.75 Å². The molecule has 0 aliphatic carbocycles. The maximum Gasteiger partial charge on any atom is 0.330 e. The second kappa shape index (κ2) is 7.40. The normalized spacial score (nSPS) is 10.1. The Kier molecular flexibility index (Phi) is 4.85. The van der Waals surface area contributed by atoms with Crippen molar-refractivity contribution in [2.75, 3.05) is 23.1 Å². The van der Waals surface area contributed by atoms with E-state index >= 15 is 0 Å². The molecule has 0 radical (unpaired) electrons. The molecule has 5 nitrogen and oxygen atoms in total. The number of carbonyl (C=O) groups excluding carboxylic acids is 1. The number of hydrogen-bond donors (Lipinski definition) is 2. The van der Waals surface area contributed by atoms with E-state index in [4.69, 9.17) is 10.5 Å². The smallest absolute Gasteiger partial charge is 0.330 e. The molecule has 126 valence electrons. The van der Waals surface area contributed by atoms with Gasteiger partial charge in [0.2, 0.25) is 0 Å². The number of rotatable bonds is 4. The van der Waals surface area contributed by atoms with Gasteiger partial charge in [-0.05, 0) is 48.5 Å². The molecule has 5 heteroatoms. The predicted molar refractivity (Wildman–Crippen MR) is 101 cm³/mol. The molecule has 0 unspecified atom stereocenters. The minimum absolute atomic E-state index is 0.274. The van der Waals surface area contributed by atoms with Crippen LogP contribution in [0.25, 0.3) is 0 Å². The average molecular weight is 333 g/mol. The largest absolute Gasteiger partial charge is 0.497 e. The van der Waals surface area contributed by atoms with Crippen molar-refractivity contribution in [1.82, 2.24) is 0 Å². The number of benzene rings is 3. The minimum atomic E-state index is -0.274. The Morgan fingerprint density at radius 1 is 0.920 bits per heavy atom. The van der Waals surface area contributed by atoms with Gasteiger partial charge in [0.1, 0.15) is 5.75 Å². The topological polar surface area (TPSA) is 67.6 Å². The number of nitrogen functional groups attached to an aromatic ring is 1. The van der Waals surface area contributed by atoms with Gasteiger partial charge < -0.3 is 15.8 Å². The first kappa shape index (κ1) is 16.4. The Labute approximate surface area is 146 Å². The number of para-hydroxylation sites is 1. The van der Waals surface area contributed by atoms with Gasteiger partial charge in [0.25, 0.3) is 0 Å². The van der Waals surface area contributed by atoms with E-state index in [2.05, 4.69) is 5.32 Å². The number of nitrogens with zero attached hydrogens (tertiary/aromatic N) is 1. The fraction of sp³-hybridized carbons (Fsp3) is 0.0500. The Hall–Kier alpha value is -3.47. The number of nitrogens with one attached hydrogen (secondary N) is 1. The van der Waals surface area contributed by atoms with Crippen molar-refractivity contribution < 1.29 is 9.53 Å². The van der Waals surface area contributed by atoms with Crippen molar-refractivity contribution in [2.45, 2.75) is 0 Å². The highest BCUT2D eigenvalue weighted by Gasteiger charge is 2.18. The molecular formula is C20H19N3O2. The summed E-state index contributed by atoms with van der Waals surface area (Å²) in [5.41, 5.74) is 8.54. The minimum Gasteiger partial charge on any atom is -0.497 e. The molecule has 0 aliphatic rings. The number of carbonyl (C=O) groups is 1. The van der Waals surface area contributed by atoms with Crippen LogP contribution in [-0.4, -0.2) is 13.1 Å². The second-order valence-corrected chi connectivity index (χ2v) is 5.42. The SMILES string of the molecule is COc1cccc(NC(=O)N(c2ccccc2)c2ccc(N)cc2)c1. The molecule has 3 N–H and O–H groups in total. The van der Waals surface area contributed by atoms with Crippen molar-refractivity contribution in [3.63, 3.8) is 0 Å². The summed E-state index contributed by atoms with van der Waals surface area (Å²) in [7, 11) is 1.59. The van der Waals surface area contributed by atoms with Crippen molar-refractivity contribution in [3.05, 3.63) is 78.9 Å². The Morgan fingerprint density at radius 3 is 2.28 bits per heavy atom. The van der Waals surface area contributed by atoms with Crippen LogP contribution in [0.4, 0.5) is 27.5 Å². The molecular weight excluding hydrogens is 314 g/mol. The third-order valence-electron chi connectivity index (χ3n) is 3.69. The molecule has 0 spiro atoms. The highest BCUT2D eigenvalue weighted by atomic mass is 16.5. The van der Waals surface area contributed by atoms with Crippen molar-refractivity contribution in [2.24, 2.45) is 0 Å². The zero-order valence-corrected chi connectivity index (χ0v) is 13.8. The number of amides is 2. The van der Waals surface area contributed by atoms with E-state index in [0.29, 0.717) is 17.1 Å². The third-order valence-corrected chi connectivity index (χ3v) is 3.69. The lowest BCUT2D eigenvalue weighted by Gasteiger charge is -2.23. The summed E-state index contributed by atoms with van der Waals surface area (Å²) in [4.78, 5) is 14.5. The molecule has 0 aliphatic heterocycles.